The van der Waals surface area contributed by atoms with Crippen molar-refractivity contribution in [3.63, 3.8) is 0 Å². The Bertz CT molecular complexity index is 430. The van der Waals surface area contributed by atoms with E-state index in [0.717, 1.165) is 19.6 Å². The number of aromatic nitrogens is 1. The number of methoxy groups -OCH3 is 1. The smallest absolute Gasteiger partial charge is 0.341 e. The van der Waals surface area contributed by atoms with Crippen LogP contribution >= 0.6 is 0 Å². The molecule has 1 aliphatic heterocycles. The highest BCUT2D eigenvalue weighted by molar-refractivity contribution is 5.94. The summed E-state index contributed by atoms with van der Waals surface area (Å²) in [5.74, 6) is 0.961. The van der Waals surface area contributed by atoms with Gasteiger partial charge in [0.05, 0.1) is 7.11 Å². The molecule has 0 radical (unpaired) electrons. The van der Waals surface area contributed by atoms with Crippen LogP contribution < -0.4 is 10.2 Å². The van der Waals surface area contributed by atoms with E-state index in [9.17, 15) is 4.79 Å². The Morgan fingerprint density at radius 1 is 1.63 bits per heavy atom. The summed E-state index contributed by atoms with van der Waals surface area (Å²) in [6, 6.07) is 3.51. The first-order chi connectivity index (χ1) is 9.22. The van der Waals surface area contributed by atoms with Crippen molar-refractivity contribution in [3.05, 3.63) is 23.9 Å². The standard InChI is InChI=1S/C14H21N3O2/c1-17(10-11-5-3-7-15-9-11)13-12(14(18)19-2)6-4-8-16-13/h4,6,8,11,15H,3,5,7,9-10H2,1-2H3. The minimum atomic E-state index is -0.336. The second-order valence-electron chi connectivity index (χ2n) is 4.96. The number of hydrogen-bond donors (Lipinski definition) is 1. The Kier molecular flexibility index (Phi) is 4.74. The molecule has 0 spiro atoms. The van der Waals surface area contributed by atoms with Gasteiger partial charge in [0.2, 0.25) is 0 Å². The van der Waals surface area contributed by atoms with E-state index in [4.69, 9.17) is 4.74 Å². The van der Waals surface area contributed by atoms with Gasteiger partial charge in [0.25, 0.3) is 0 Å². The zero-order chi connectivity index (χ0) is 13.7. The van der Waals surface area contributed by atoms with Crippen LogP contribution in [-0.4, -0.2) is 44.7 Å². The summed E-state index contributed by atoms with van der Waals surface area (Å²) in [6.45, 7) is 3.04. The molecule has 0 amide bonds. The monoisotopic (exact) mass is 263 g/mol. The van der Waals surface area contributed by atoms with Crippen molar-refractivity contribution in [2.24, 2.45) is 5.92 Å². The summed E-state index contributed by atoms with van der Waals surface area (Å²) in [4.78, 5) is 18.1. The lowest BCUT2D eigenvalue weighted by Gasteiger charge is -2.28. The average Bonchev–Trinajstić information content (AvgIpc) is 2.47. The van der Waals surface area contributed by atoms with Gasteiger partial charge in [-0.15, -0.1) is 0 Å². The molecule has 2 rings (SSSR count). The van der Waals surface area contributed by atoms with Crippen LogP contribution in [0.4, 0.5) is 5.82 Å². The van der Waals surface area contributed by atoms with Gasteiger partial charge in [-0.25, -0.2) is 9.78 Å². The second kappa shape index (κ2) is 6.52. The Hall–Kier alpha value is -1.62. The van der Waals surface area contributed by atoms with Crippen molar-refractivity contribution in [2.45, 2.75) is 12.8 Å². The van der Waals surface area contributed by atoms with Gasteiger partial charge in [0, 0.05) is 19.8 Å². The number of piperidine rings is 1. The summed E-state index contributed by atoms with van der Waals surface area (Å²) in [7, 11) is 3.37. The SMILES string of the molecule is COC(=O)c1cccnc1N(C)CC1CCCNC1. The number of esters is 1. The van der Waals surface area contributed by atoms with Crippen LogP contribution in [0.5, 0.6) is 0 Å². The van der Waals surface area contributed by atoms with E-state index in [1.165, 1.54) is 20.0 Å². The molecule has 1 aromatic heterocycles. The van der Waals surface area contributed by atoms with Crippen LogP contribution in [0, 0.1) is 5.92 Å². The first-order valence-corrected chi connectivity index (χ1v) is 6.67. The predicted octanol–water partition coefficient (Wildman–Crippen LogP) is 1.30. The molecule has 1 aromatic rings. The number of nitrogens with zero attached hydrogens (tertiary/aromatic N) is 2. The predicted molar refractivity (Wildman–Crippen MR) is 74.4 cm³/mol. The minimum absolute atomic E-state index is 0.336. The Labute approximate surface area is 114 Å². The topological polar surface area (TPSA) is 54.5 Å². The maximum absolute atomic E-state index is 11.7. The lowest BCUT2D eigenvalue weighted by Crippen LogP contribution is -2.37. The quantitative estimate of drug-likeness (QED) is 0.830. The fourth-order valence-electron chi connectivity index (χ4n) is 2.52. The maximum Gasteiger partial charge on any atom is 0.341 e. The molecule has 19 heavy (non-hydrogen) atoms. The summed E-state index contributed by atoms with van der Waals surface area (Å²) < 4.78 is 4.80. The van der Waals surface area contributed by atoms with Crippen LogP contribution in [0.25, 0.3) is 0 Å². The summed E-state index contributed by atoms with van der Waals surface area (Å²) in [5.41, 5.74) is 0.524. The highest BCUT2D eigenvalue weighted by Crippen LogP contribution is 2.20. The molecular weight excluding hydrogens is 242 g/mol. The van der Waals surface area contributed by atoms with E-state index in [-0.39, 0.29) is 5.97 Å². The molecule has 0 aromatic carbocycles. The number of carbonyl (C=O) groups excluding carboxylic acids is 1. The van der Waals surface area contributed by atoms with Gasteiger partial charge in [-0.2, -0.15) is 0 Å². The average molecular weight is 263 g/mol. The van der Waals surface area contributed by atoms with Crippen molar-refractivity contribution < 1.29 is 9.53 Å². The number of pyridine rings is 1. The normalized spacial score (nSPS) is 18.9. The largest absolute Gasteiger partial charge is 0.465 e. The van der Waals surface area contributed by atoms with E-state index < -0.39 is 0 Å². The van der Waals surface area contributed by atoms with Gasteiger partial charge in [-0.3, -0.25) is 0 Å². The molecule has 0 bridgehead atoms. The number of hydrogen-bond acceptors (Lipinski definition) is 5. The molecule has 1 atom stereocenters. The Morgan fingerprint density at radius 3 is 3.16 bits per heavy atom. The molecule has 0 saturated carbocycles. The van der Waals surface area contributed by atoms with Crippen LogP contribution in [0.2, 0.25) is 0 Å². The van der Waals surface area contributed by atoms with Crippen molar-refractivity contribution in [1.29, 1.82) is 0 Å². The van der Waals surface area contributed by atoms with E-state index in [0.29, 0.717) is 17.3 Å². The van der Waals surface area contributed by atoms with E-state index in [1.807, 2.05) is 11.9 Å². The molecule has 5 heteroatoms. The van der Waals surface area contributed by atoms with Crippen molar-refractivity contribution in [1.82, 2.24) is 10.3 Å². The Morgan fingerprint density at radius 2 is 2.47 bits per heavy atom. The van der Waals surface area contributed by atoms with Gasteiger partial charge < -0.3 is 15.0 Å². The zero-order valence-corrected chi connectivity index (χ0v) is 11.6. The van der Waals surface area contributed by atoms with Crippen LogP contribution in [0.1, 0.15) is 23.2 Å². The molecule has 1 fully saturated rings. The molecule has 1 unspecified atom stereocenters. The number of ether oxygens (including phenoxy) is 1. The highest BCUT2D eigenvalue weighted by atomic mass is 16.5. The molecule has 0 aliphatic carbocycles. The summed E-state index contributed by atoms with van der Waals surface area (Å²) in [6.07, 6.45) is 4.14. The zero-order valence-electron chi connectivity index (χ0n) is 11.6. The molecule has 5 nitrogen and oxygen atoms in total. The summed E-state index contributed by atoms with van der Waals surface area (Å²) in [5, 5.41) is 3.40. The maximum atomic E-state index is 11.7. The van der Waals surface area contributed by atoms with E-state index in [1.54, 1.807) is 18.3 Å². The fourth-order valence-corrected chi connectivity index (χ4v) is 2.52. The van der Waals surface area contributed by atoms with Crippen molar-refractivity contribution in [2.75, 3.05) is 38.7 Å². The third-order valence-electron chi connectivity index (χ3n) is 3.48. The third kappa shape index (κ3) is 3.44. The fraction of sp³-hybridized carbons (Fsp3) is 0.571. The Balaban J connectivity index is 2.09. The van der Waals surface area contributed by atoms with Crippen LogP contribution in [0.15, 0.2) is 18.3 Å². The van der Waals surface area contributed by atoms with Crippen LogP contribution in [0.3, 0.4) is 0 Å². The highest BCUT2D eigenvalue weighted by Gasteiger charge is 2.20. The van der Waals surface area contributed by atoms with Crippen molar-refractivity contribution in [3.8, 4) is 0 Å². The number of anilines is 1. The number of rotatable bonds is 4. The van der Waals surface area contributed by atoms with Gasteiger partial charge in [0.1, 0.15) is 11.4 Å². The van der Waals surface area contributed by atoms with Crippen molar-refractivity contribution >= 4 is 11.8 Å². The molecule has 1 saturated heterocycles. The van der Waals surface area contributed by atoms with E-state index >= 15 is 0 Å². The number of nitrogens with one attached hydrogen (secondary N) is 1. The molecule has 1 aliphatic rings. The minimum Gasteiger partial charge on any atom is -0.465 e. The molecule has 104 valence electrons. The molecular formula is C14H21N3O2. The lowest BCUT2D eigenvalue weighted by molar-refractivity contribution is 0.0601. The van der Waals surface area contributed by atoms with Gasteiger partial charge in [-0.1, -0.05) is 0 Å². The number of carbonyl (C=O) groups is 1. The van der Waals surface area contributed by atoms with E-state index in [2.05, 4.69) is 10.3 Å². The van der Waals surface area contributed by atoms with Crippen LogP contribution in [-0.2, 0) is 4.74 Å². The third-order valence-corrected chi connectivity index (χ3v) is 3.48. The summed E-state index contributed by atoms with van der Waals surface area (Å²) >= 11 is 0. The molecule has 1 N–H and O–H groups in total. The lowest BCUT2D eigenvalue weighted by atomic mass is 9.99. The van der Waals surface area contributed by atoms with Gasteiger partial charge in [0.15, 0.2) is 0 Å². The van der Waals surface area contributed by atoms with Gasteiger partial charge in [-0.05, 0) is 44.0 Å². The first kappa shape index (κ1) is 13.8. The second-order valence-corrected chi connectivity index (χ2v) is 4.96. The van der Waals surface area contributed by atoms with Gasteiger partial charge >= 0.3 is 5.97 Å². The molecule has 2 heterocycles. The first-order valence-electron chi connectivity index (χ1n) is 6.67.